The zero-order chi connectivity index (χ0) is 12.8. The van der Waals surface area contributed by atoms with Gasteiger partial charge in [-0.25, -0.2) is 4.98 Å². The summed E-state index contributed by atoms with van der Waals surface area (Å²) >= 11 is 1.22. The molecule has 0 saturated heterocycles. The highest BCUT2D eigenvalue weighted by molar-refractivity contribution is 8.13. The maximum Gasteiger partial charge on any atom is 0.190 e. The number of hydrogen-bond acceptors (Lipinski definition) is 3. The fraction of sp³-hybridized carbons (Fsp3) is 0.0667. The lowest BCUT2D eigenvalue weighted by Gasteiger charge is -1.96. The molecule has 1 heterocycles. The van der Waals surface area contributed by atoms with E-state index in [4.69, 9.17) is 0 Å². The first-order chi connectivity index (χ1) is 8.74. The number of benzene rings is 1. The van der Waals surface area contributed by atoms with Gasteiger partial charge in [-0.05, 0) is 42.3 Å². The van der Waals surface area contributed by atoms with E-state index in [0.717, 1.165) is 16.2 Å². The quantitative estimate of drug-likeness (QED) is 0.578. The maximum atomic E-state index is 10.9. The molecule has 0 aliphatic rings. The van der Waals surface area contributed by atoms with Gasteiger partial charge in [0.2, 0.25) is 0 Å². The van der Waals surface area contributed by atoms with Crippen molar-refractivity contribution in [2.45, 2.75) is 11.8 Å². The average molecular weight is 253 g/mol. The number of hydrogen-bond donors (Lipinski definition) is 0. The van der Waals surface area contributed by atoms with Crippen LogP contribution in [0.25, 0.3) is 0 Å². The predicted octanol–water partition coefficient (Wildman–Crippen LogP) is 3.12. The van der Waals surface area contributed by atoms with Crippen LogP contribution in [0.1, 0.15) is 18.2 Å². The summed E-state index contributed by atoms with van der Waals surface area (Å²) in [6.45, 7) is 1.56. The molecular formula is C15H11NOS. The lowest BCUT2D eigenvalue weighted by molar-refractivity contribution is -0.109. The zero-order valence-electron chi connectivity index (χ0n) is 9.88. The van der Waals surface area contributed by atoms with Crippen molar-refractivity contribution in [2.75, 3.05) is 0 Å². The Hall–Kier alpha value is -2.05. The second-order valence-corrected chi connectivity index (χ2v) is 4.83. The molecule has 0 aliphatic carbocycles. The van der Waals surface area contributed by atoms with Crippen molar-refractivity contribution in [1.29, 1.82) is 0 Å². The highest BCUT2D eigenvalue weighted by Gasteiger charge is 1.97. The van der Waals surface area contributed by atoms with Crippen LogP contribution in [0.3, 0.4) is 0 Å². The third-order valence-corrected chi connectivity index (χ3v) is 2.91. The first-order valence-corrected chi connectivity index (χ1v) is 6.27. The second kappa shape index (κ2) is 6.04. The molecule has 18 heavy (non-hydrogen) atoms. The molecule has 2 rings (SSSR count). The molecule has 2 aromatic rings. The molecule has 1 aromatic carbocycles. The standard InChI is InChI=1S/C15H11NOS/c1-12(17)18-15-9-6-13(7-10-15)5-8-14-4-2-3-11-16-14/h2-4,6-7,9-11H,1H3. The highest BCUT2D eigenvalue weighted by Crippen LogP contribution is 2.18. The maximum absolute atomic E-state index is 10.9. The largest absolute Gasteiger partial charge is 0.287 e. The van der Waals surface area contributed by atoms with E-state index in [2.05, 4.69) is 16.8 Å². The van der Waals surface area contributed by atoms with E-state index in [9.17, 15) is 4.79 Å². The van der Waals surface area contributed by atoms with Crippen molar-refractivity contribution in [3.05, 3.63) is 59.9 Å². The minimum Gasteiger partial charge on any atom is -0.287 e. The van der Waals surface area contributed by atoms with Gasteiger partial charge in [0.15, 0.2) is 5.12 Å². The third kappa shape index (κ3) is 3.76. The molecule has 0 unspecified atom stereocenters. The van der Waals surface area contributed by atoms with Crippen molar-refractivity contribution in [3.8, 4) is 11.8 Å². The van der Waals surface area contributed by atoms with Gasteiger partial charge in [-0.15, -0.1) is 0 Å². The Kier molecular flexibility index (Phi) is 4.16. The van der Waals surface area contributed by atoms with Crippen molar-refractivity contribution in [3.63, 3.8) is 0 Å². The minimum absolute atomic E-state index is 0.0855. The van der Waals surface area contributed by atoms with E-state index < -0.39 is 0 Å². The van der Waals surface area contributed by atoms with Gasteiger partial charge < -0.3 is 0 Å². The Morgan fingerprint density at radius 2 is 1.89 bits per heavy atom. The SMILES string of the molecule is CC(=O)Sc1ccc(C#Cc2ccccn2)cc1. The van der Waals surface area contributed by atoms with Gasteiger partial charge in [0.25, 0.3) is 0 Å². The van der Waals surface area contributed by atoms with Crippen LogP contribution >= 0.6 is 11.8 Å². The van der Waals surface area contributed by atoms with Crippen molar-refractivity contribution < 1.29 is 4.79 Å². The lowest BCUT2D eigenvalue weighted by Crippen LogP contribution is -1.82. The van der Waals surface area contributed by atoms with E-state index in [1.807, 2.05) is 42.5 Å². The number of thioether (sulfide) groups is 1. The topological polar surface area (TPSA) is 30.0 Å². The van der Waals surface area contributed by atoms with Crippen molar-refractivity contribution >= 4 is 16.9 Å². The Morgan fingerprint density at radius 3 is 2.50 bits per heavy atom. The minimum atomic E-state index is 0.0855. The first kappa shape index (κ1) is 12.4. The molecule has 0 aliphatic heterocycles. The van der Waals surface area contributed by atoms with Crippen LogP contribution in [0.15, 0.2) is 53.6 Å². The van der Waals surface area contributed by atoms with Gasteiger partial charge in [0.05, 0.1) is 0 Å². The van der Waals surface area contributed by atoms with Crippen LogP contribution < -0.4 is 0 Å². The molecule has 1 aromatic heterocycles. The Balaban J connectivity index is 2.12. The van der Waals surface area contributed by atoms with Crippen LogP contribution in [-0.4, -0.2) is 10.1 Å². The fourth-order valence-electron chi connectivity index (χ4n) is 1.35. The molecule has 0 radical (unpaired) electrons. The fourth-order valence-corrected chi connectivity index (χ4v) is 1.95. The number of nitrogens with zero attached hydrogens (tertiary/aromatic N) is 1. The average Bonchev–Trinajstić information content (AvgIpc) is 2.38. The second-order valence-electron chi connectivity index (χ2n) is 3.58. The molecule has 2 nitrogen and oxygen atoms in total. The summed E-state index contributed by atoms with van der Waals surface area (Å²) in [6.07, 6.45) is 1.72. The number of carbonyl (C=O) groups excluding carboxylic acids is 1. The molecule has 0 amide bonds. The molecular weight excluding hydrogens is 242 g/mol. The number of aromatic nitrogens is 1. The summed E-state index contributed by atoms with van der Waals surface area (Å²) in [5.41, 5.74) is 1.66. The molecule has 0 bridgehead atoms. The summed E-state index contributed by atoms with van der Waals surface area (Å²) in [5.74, 6) is 6.02. The summed E-state index contributed by atoms with van der Waals surface area (Å²) < 4.78 is 0. The van der Waals surface area contributed by atoms with Gasteiger partial charge in [0, 0.05) is 23.6 Å². The van der Waals surface area contributed by atoms with Gasteiger partial charge in [-0.2, -0.15) is 0 Å². The van der Waals surface area contributed by atoms with Crippen molar-refractivity contribution in [2.24, 2.45) is 0 Å². The Labute approximate surface area is 110 Å². The zero-order valence-corrected chi connectivity index (χ0v) is 10.7. The smallest absolute Gasteiger partial charge is 0.190 e. The van der Waals surface area contributed by atoms with Crippen LogP contribution in [-0.2, 0) is 4.79 Å². The number of carbonyl (C=O) groups is 1. The third-order valence-electron chi connectivity index (χ3n) is 2.12. The number of pyridine rings is 1. The summed E-state index contributed by atoms with van der Waals surface area (Å²) in [4.78, 5) is 16.0. The molecule has 0 N–H and O–H groups in total. The monoisotopic (exact) mass is 253 g/mol. The molecule has 0 fully saturated rings. The van der Waals surface area contributed by atoms with E-state index >= 15 is 0 Å². The Bertz CT molecular complexity index is 594. The van der Waals surface area contributed by atoms with E-state index in [0.29, 0.717) is 0 Å². The van der Waals surface area contributed by atoms with Crippen LogP contribution in [0.4, 0.5) is 0 Å². The molecule has 0 atom stereocenters. The van der Waals surface area contributed by atoms with E-state index in [-0.39, 0.29) is 5.12 Å². The molecule has 0 saturated carbocycles. The van der Waals surface area contributed by atoms with Gasteiger partial charge in [-0.3, -0.25) is 4.79 Å². The summed E-state index contributed by atoms with van der Waals surface area (Å²) in [5, 5.41) is 0.0855. The van der Waals surface area contributed by atoms with E-state index in [1.165, 1.54) is 11.8 Å². The highest BCUT2D eigenvalue weighted by atomic mass is 32.2. The van der Waals surface area contributed by atoms with Crippen LogP contribution in [0, 0.1) is 11.8 Å². The van der Waals surface area contributed by atoms with Gasteiger partial charge >= 0.3 is 0 Å². The van der Waals surface area contributed by atoms with Crippen molar-refractivity contribution in [1.82, 2.24) is 4.98 Å². The van der Waals surface area contributed by atoms with Crippen LogP contribution in [0.5, 0.6) is 0 Å². The molecule has 3 heteroatoms. The first-order valence-electron chi connectivity index (χ1n) is 5.45. The number of rotatable bonds is 1. The summed E-state index contributed by atoms with van der Waals surface area (Å²) in [7, 11) is 0. The van der Waals surface area contributed by atoms with Gasteiger partial charge in [0.1, 0.15) is 5.69 Å². The van der Waals surface area contributed by atoms with E-state index in [1.54, 1.807) is 13.1 Å². The molecule has 88 valence electrons. The molecule has 0 spiro atoms. The summed E-state index contributed by atoms with van der Waals surface area (Å²) in [6, 6.07) is 13.2. The normalized spacial score (nSPS) is 9.39. The van der Waals surface area contributed by atoms with Crippen LogP contribution in [0.2, 0.25) is 0 Å². The lowest BCUT2D eigenvalue weighted by atomic mass is 10.2. The predicted molar refractivity (Wildman–Crippen MR) is 73.2 cm³/mol. The Morgan fingerprint density at radius 1 is 1.11 bits per heavy atom. The van der Waals surface area contributed by atoms with Gasteiger partial charge in [-0.1, -0.05) is 23.7 Å².